The number of sulfonamides is 1. The topological polar surface area (TPSA) is 72.2 Å². The van der Waals surface area contributed by atoms with Crippen LogP contribution in [-0.4, -0.2) is 8.42 Å². The number of benzene rings is 2. The SMILES string of the molecule is CC(Nc1ccc(Br)cc1Br)c1ccc(S(N)(=O)=O)cc1. The van der Waals surface area contributed by atoms with Crippen LogP contribution in [0.2, 0.25) is 0 Å². The molecule has 1 unspecified atom stereocenters. The lowest BCUT2D eigenvalue weighted by atomic mass is 10.1. The minimum atomic E-state index is -3.65. The second kappa shape index (κ2) is 6.48. The molecule has 3 N–H and O–H groups in total. The molecule has 0 saturated carbocycles. The first kappa shape index (κ1) is 16.5. The van der Waals surface area contributed by atoms with Crippen molar-refractivity contribution < 1.29 is 8.42 Å². The van der Waals surface area contributed by atoms with Crippen LogP contribution < -0.4 is 10.5 Å². The fourth-order valence-electron chi connectivity index (χ4n) is 1.87. The van der Waals surface area contributed by atoms with E-state index in [-0.39, 0.29) is 10.9 Å². The van der Waals surface area contributed by atoms with Gasteiger partial charge in [0.25, 0.3) is 0 Å². The molecule has 0 spiro atoms. The van der Waals surface area contributed by atoms with Crippen LogP contribution in [0.1, 0.15) is 18.5 Å². The Morgan fingerprint density at radius 3 is 2.24 bits per heavy atom. The van der Waals surface area contributed by atoms with Crippen molar-refractivity contribution in [1.29, 1.82) is 0 Å². The molecule has 2 aromatic rings. The van der Waals surface area contributed by atoms with Crippen LogP contribution in [0, 0.1) is 0 Å². The van der Waals surface area contributed by atoms with Crippen LogP contribution >= 0.6 is 31.9 Å². The van der Waals surface area contributed by atoms with E-state index in [0.29, 0.717) is 0 Å². The Morgan fingerprint density at radius 2 is 1.71 bits per heavy atom. The van der Waals surface area contributed by atoms with Gasteiger partial charge in [-0.15, -0.1) is 0 Å². The van der Waals surface area contributed by atoms with Crippen LogP contribution in [0.3, 0.4) is 0 Å². The Hall–Kier alpha value is -0.890. The number of hydrogen-bond donors (Lipinski definition) is 2. The van der Waals surface area contributed by atoms with Crippen LogP contribution in [0.25, 0.3) is 0 Å². The second-order valence-electron chi connectivity index (χ2n) is 4.60. The molecule has 0 aliphatic heterocycles. The van der Waals surface area contributed by atoms with Crippen molar-refractivity contribution in [2.24, 2.45) is 5.14 Å². The molecule has 0 fully saturated rings. The fourth-order valence-corrected chi connectivity index (χ4v) is 3.55. The van der Waals surface area contributed by atoms with Gasteiger partial charge in [0.05, 0.1) is 4.90 Å². The lowest BCUT2D eigenvalue weighted by molar-refractivity contribution is 0.597. The van der Waals surface area contributed by atoms with E-state index in [1.165, 1.54) is 12.1 Å². The second-order valence-corrected chi connectivity index (χ2v) is 7.94. The highest BCUT2D eigenvalue weighted by molar-refractivity contribution is 9.11. The van der Waals surface area contributed by atoms with Gasteiger partial charge in [0.1, 0.15) is 0 Å². The Balaban J connectivity index is 2.18. The zero-order valence-electron chi connectivity index (χ0n) is 11.2. The minimum Gasteiger partial charge on any atom is -0.378 e. The molecule has 7 heteroatoms. The van der Waals surface area contributed by atoms with E-state index in [0.717, 1.165) is 20.2 Å². The van der Waals surface area contributed by atoms with Crippen LogP contribution in [0.15, 0.2) is 56.3 Å². The van der Waals surface area contributed by atoms with Gasteiger partial charge in [-0.2, -0.15) is 0 Å². The Morgan fingerprint density at radius 1 is 1.10 bits per heavy atom. The summed E-state index contributed by atoms with van der Waals surface area (Å²) in [7, 11) is -3.65. The number of halogens is 2. The van der Waals surface area contributed by atoms with Crippen molar-refractivity contribution in [3.63, 3.8) is 0 Å². The standard InChI is InChI=1S/C14H14Br2N2O2S/c1-9(18-14-7-4-11(15)8-13(14)16)10-2-5-12(6-3-10)21(17,19)20/h2-9,18H,1H3,(H2,17,19,20). The number of primary sulfonamides is 1. The molecule has 112 valence electrons. The van der Waals surface area contributed by atoms with Crippen molar-refractivity contribution in [1.82, 2.24) is 0 Å². The fraction of sp³-hybridized carbons (Fsp3) is 0.143. The van der Waals surface area contributed by atoms with Crippen molar-refractivity contribution in [3.05, 3.63) is 57.0 Å². The Kier molecular flexibility index (Phi) is 5.08. The average Bonchev–Trinajstić information content (AvgIpc) is 2.41. The highest BCUT2D eigenvalue weighted by Gasteiger charge is 2.11. The quantitative estimate of drug-likeness (QED) is 0.764. The van der Waals surface area contributed by atoms with E-state index in [2.05, 4.69) is 37.2 Å². The zero-order valence-corrected chi connectivity index (χ0v) is 15.2. The maximum Gasteiger partial charge on any atom is 0.238 e. The number of anilines is 1. The first-order valence-electron chi connectivity index (χ1n) is 6.12. The van der Waals surface area contributed by atoms with Gasteiger partial charge in [0.15, 0.2) is 0 Å². The van der Waals surface area contributed by atoms with Gasteiger partial charge in [0.2, 0.25) is 10.0 Å². The summed E-state index contributed by atoms with van der Waals surface area (Å²) >= 11 is 6.90. The Labute approximate surface area is 141 Å². The molecule has 0 aromatic heterocycles. The van der Waals surface area contributed by atoms with Gasteiger partial charge >= 0.3 is 0 Å². The summed E-state index contributed by atoms with van der Waals surface area (Å²) < 4.78 is 24.4. The molecule has 0 aliphatic rings. The highest BCUT2D eigenvalue weighted by atomic mass is 79.9. The predicted octanol–water partition coefficient (Wildman–Crippen LogP) is 4.03. The van der Waals surface area contributed by atoms with Crippen molar-refractivity contribution in [2.75, 3.05) is 5.32 Å². The van der Waals surface area contributed by atoms with E-state index in [4.69, 9.17) is 5.14 Å². The third-order valence-corrected chi connectivity index (χ3v) is 5.09. The molecule has 0 bridgehead atoms. The van der Waals surface area contributed by atoms with Gasteiger partial charge in [-0.1, -0.05) is 28.1 Å². The predicted molar refractivity (Wildman–Crippen MR) is 91.7 cm³/mol. The van der Waals surface area contributed by atoms with Gasteiger partial charge in [-0.25, -0.2) is 13.6 Å². The number of nitrogens with two attached hydrogens (primary N) is 1. The highest BCUT2D eigenvalue weighted by Crippen LogP contribution is 2.29. The van der Waals surface area contributed by atoms with Crippen molar-refractivity contribution >= 4 is 47.6 Å². The Bertz CT molecular complexity index is 746. The van der Waals surface area contributed by atoms with Gasteiger partial charge in [0, 0.05) is 20.7 Å². The van der Waals surface area contributed by atoms with E-state index < -0.39 is 10.0 Å². The summed E-state index contributed by atoms with van der Waals surface area (Å²) in [5, 5.41) is 8.45. The number of hydrogen-bond acceptors (Lipinski definition) is 3. The molecule has 1 atom stereocenters. The van der Waals surface area contributed by atoms with E-state index in [1.807, 2.05) is 25.1 Å². The summed E-state index contributed by atoms with van der Waals surface area (Å²) in [6.07, 6.45) is 0. The maximum absolute atomic E-state index is 11.2. The van der Waals surface area contributed by atoms with Crippen molar-refractivity contribution in [3.8, 4) is 0 Å². The molecule has 2 rings (SSSR count). The lowest BCUT2D eigenvalue weighted by Gasteiger charge is -2.17. The van der Waals surface area contributed by atoms with Crippen LogP contribution in [0.5, 0.6) is 0 Å². The molecule has 2 aromatic carbocycles. The third kappa shape index (κ3) is 4.29. The smallest absolute Gasteiger partial charge is 0.238 e. The first-order valence-corrected chi connectivity index (χ1v) is 9.25. The normalized spacial score (nSPS) is 13.0. The summed E-state index contributed by atoms with van der Waals surface area (Å²) in [5.41, 5.74) is 1.93. The lowest BCUT2D eigenvalue weighted by Crippen LogP contribution is -2.12. The van der Waals surface area contributed by atoms with E-state index in [9.17, 15) is 8.42 Å². The van der Waals surface area contributed by atoms with Gasteiger partial charge < -0.3 is 5.32 Å². The summed E-state index contributed by atoms with van der Waals surface area (Å²) in [6.45, 7) is 2.00. The van der Waals surface area contributed by atoms with E-state index >= 15 is 0 Å². The molecular formula is C14H14Br2N2O2S. The molecule has 0 amide bonds. The third-order valence-electron chi connectivity index (χ3n) is 3.01. The number of nitrogens with one attached hydrogen (secondary N) is 1. The largest absolute Gasteiger partial charge is 0.378 e. The minimum absolute atomic E-state index is 0.0250. The molecule has 0 aliphatic carbocycles. The summed E-state index contributed by atoms with van der Waals surface area (Å²) in [5.74, 6) is 0. The van der Waals surface area contributed by atoms with Crippen LogP contribution in [-0.2, 0) is 10.0 Å². The first-order chi connectivity index (χ1) is 9.77. The van der Waals surface area contributed by atoms with Crippen molar-refractivity contribution in [2.45, 2.75) is 17.9 Å². The molecule has 21 heavy (non-hydrogen) atoms. The van der Waals surface area contributed by atoms with E-state index in [1.54, 1.807) is 12.1 Å². The van der Waals surface area contributed by atoms with Crippen LogP contribution in [0.4, 0.5) is 5.69 Å². The monoisotopic (exact) mass is 432 g/mol. The van der Waals surface area contributed by atoms with Gasteiger partial charge in [-0.05, 0) is 58.7 Å². The number of rotatable bonds is 4. The molecule has 0 radical (unpaired) electrons. The maximum atomic E-state index is 11.2. The molecule has 4 nitrogen and oxygen atoms in total. The summed E-state index contributed by atoms with van der Waals surface area (Å²) in [4.78, 5) is 0.114. The zero-order chi connectivity index (χ0) is 15.6. The molecule has 0 saturated heterocycles. The molecule has 0 heterocycles. The van der Waals surface area contributed by atoms with Gasteiger partial charge in [-0.3, -0.25) is 0 Å². The summed E-state index contributed by atoms with van der Waals surface area (Å²) in [6, 6.07) is 12.4. The average molecular weight is 434 g/mol. The molecular weight excluding hydrogens is 420 g/mol.